The predicted octanol–water partition coefficient (Wildman–Crippen LogP) is 4.91. The fraction of sp³-hybridized carbons (Fsp3) is 0.333. The number of nitrogens with zero attached hydrogens (tertiary/aromatic N) is 1. The molecule has 26 heavy (non-hydrogen) atoms. The molecule has 0 aliphatic rings. The maximum atomic E-state index is 12.2. The molecule has 0 aliphatic heterocycles. The van der Waals surface area contributed by atoms with Gasteiger partial charge in [-0.25, -0.2) is 5.43 Å². The van der Waals surface area contributed by atoms with Crippen molar-refractivity contribution < 1.29 is 9.53 Å². The number of hydrazone groups is 1. The highest BCUT2D eigenvalue weighted by Gasteiger charge is 2.15. The predicted molar refractivity (Wildman–Crippen MR) is 107 cm³/mol. The summed E-state index contributed by atoms with van der Waals surface area (Å²) in [6.45, 7) is 7.60. The molecule has 0 aliphatic carbocycles. The number of carbonyl (C=O) groups is 1. The minimum absolute atomic E-state index is 0.304. The molecule has 0 saturated heterocycles. The van der Waals surface area contributed by atoms with Gasteiger partial charge < -0.3 is 4.74 Å². The number of nitrogens with one attached hydrogen (secondary N) is 1. The Hall–Kier alpha value is -2.33. The number of aryl methyl sites for hydroxylation is 2. The monoisotopic (exact) mass is 372 g/mol. The van der Waals surface area contributed by atoms with Crippen molar-refractivity contribution in [2.75, 3.05) is 0 Å². The van der Waals surface area contributed by atoms with Crippen LogP contribution in [0.4, 0.5) is 0 Å². The number of halogens is 1. The number of hydrogen-bond donors (Lipinski definition) is 1. The molecule has 2 aromatic rings. The Kier molecular flexibility index (Phi) is 7.22. The SMILES string of the molecule is CCCc1ccc(/C(C)=N/NC(=O)C(C)Oc2ccc(Cl)cc2C)cc1. The van der Waals surface area contributed by atoms with E-state index in [0.29, 0.717) is 10.8 Å². The molecule has 0 heterocycles. The van der Waals surface area contributed by atoms with Crippen LogP contribution < -0.4 is 10.2 Å². The van der Waals surface area contributed by atoms with Crippen LogP contribution in [0.25, 0.3) is 0 Å². The fourth-order valence-electron chi connectivity index (χ4n) is 2.48. The van der Waals surface area contributed by atoms with Crippen molar-refractivity contribution in [3.05, 3.63) is 64.2 Å². The van der Waals surface area contributed by atoms with Crippen LogP contribution in [0.1, 0.15) is 43.9 Å². The summed E-state index contributed by atoms with van der Waals surface area (Å²) in [4.78, 5) is 12.2. The van der Waals surface area contributed by atoms with Crippen molar-refractivity contribution in [2.45, 2.75) is 46.6 Å². The van der Waals surface area contributed by atoms with Gasteiger partial charge in [-0.2, -0.15) is 5.10 Å². The lowest BCUT2D eigenvalue weighted by Crippen LogP contribution is -2.34. The number of hydrogen-bond acceptors (Lipinski definition) is 3. The molecular formula is C21H25ClN2O2. The van der Waals surface area contributed by atoms with E-state index < -0.39 is 6.10 Å². The molecule has 0 fully saturated rings. The summed E-state index contributed by atoms with van der Waals surface area (Å²) >= 11 is 5.93. The molecule has 138 valence electrons. The second-order valence-corrected chi connectivity index (χ2v) is 6.73. The smallest absolute Gasteiger partial charge is 0.280 e. The number of carbonyl (C=O) groups excluding carboxylic acids is 1. The van der Waals surface area contributed by atoms with E-state index in [1.165, 1.54) is 5.56 Å². The van der Waals surface area contributed by atoms with E-state index in [-0.39, 0.29) is 5.91 Å². The Morgan fingerprint density at radius 1 is 1.23 bits per heavy atom. The van der Waals surface area contributed by atoms with Crippen molar-refractivity contribution in [2.24, 2.45) is 5.10 Å². The Bertz CT molecular complexity index is 785. The zero-order valence-electron chi connectivity index (χ0n) is 15.7. The van der Waals surface area contributed by atoms with Gasteiger partial charge >= 0.3 is 0 Å². The van der Waals surface area contributed by atoms with Crippen LogP contribution in [0.15, 0.2) is 47.6 Å². The van der Waals surface area contributed by atoms with Gasteiger partial charge in [-0.3, -0.25) is 4.79 Å². The van der Waals surface area contributed by atoms with E-state index in [2.05, 4.69) is 29.6 Å². The molecule has 1 amide bonds. The van der Waals surface area contributed by atoms with Gasteiger partial charge in [0.15, 0.2) is 6.10 Å². The first kappa shape index (κ1) is 20.0. The van der Waals surface area contributed by atoms with E-state index in [0.717, 1.165) is 29.7 Å². The zero-order chi connectivity index (χ0) is 19.1. The Balaban J connectivity index is 1.96. The molecule has 5 heteroatoms. The minimum atomic E-state index is -0.668. The minimum Gasteiger partial charge on any atom is -0.481 e. The second kappa shape index (κ2) is 9.39. The van der Waals surface area contributed by atoms with Gasteiger partial charge in [-0.1, -0.05) is 49.2 Å². The summed E-state index contributed by atoms with van der Waals surface area (Å²) < 4.78 is 5.70. The van der Waals surface area contributed by atoms with Crippen LogP contribution >= 0.6 is 11.6 Å². The molecule has 1 N–H and O–H groups in total. The number of rotatable bonds is 7. The molecule has 2 rings (SSSR count). The lowest BCUT2D eigenvalue weighted by molar-refractivity contribution is -0.127. The van der Waals surface area contributed by atoms with Crippen LogP contribution in [-0.4, -0.2) is 17.7 Å². The first-order chi connectivity index (χ1) is 12.4. The topological polar surface area (TPSA) is 50.7 Å². The number of benzene rings is 2. The third-order valence-electron chi connectivity index (χ3n) is 4.05. The molecule has 0 aromatic heterocycles. The fourth-order valence-corrected chi connectivity index (χ4v) is 2.71. The average Bonchev–Trinajstić information content (AvgIpc) is 2.62. The van der Waals surface area contributed by atoms with Gasteiger partial charge in [0.1, 0.15) is 5.75 Å². The van der Waals surface area contributed by atoms with Crippen LogP contribution in [0, 0.1) is 6.92 Å². The van der Waals surface area contributed by atoms with Crippen molar-refractivity contribution in [3.63, 3.8) is 0 Å². The summed E-state index contributed by atoms with van der Waals surface area (Å²) in [5.74, 6) is 0.325. The molecule has 0 radical (unpaired) electrons. The van der Waals surface area contributed by atoms with Crippen molar-refractivity contribution in [1.82, 2.24) is 5.43 Å². The largest absolute Gasteiger partial charge is 0.481 e. The van der Waals surface area contributed by atoms with Gasteiger partial charge in [0, 0.05) is 5.02 Å². The van der Waals surface area contributed by atoms with E-state index >= 15 is 0 Å². The standard InChI is InChI=1S/C21H25ClN2O2/c1-5-6-17-7-9-18(10-8-17)15(3)23-24-21(25)16(4)26-20-12-11-19(22)13-14(20)2/h7-13,16H,5-6H2,1-4H3,(H,24,25)/b23-15+. The molecular weight excluding hydrogens is 348 g/mol. The summed E-state index contributed by atoms with van der Waals surface area (Å²) in [5, 5.41) is 4.82. The molecule has 2 aromatic carbocycles. The maximum absolute atomic E-state index is 12.2. The average molecular weight is 373 g/mol. The Morgan fingerprint density at radius 2 is 1.92 bits per heavy atom. The first-order valence-electron chi connectivity index (χ1n) is 8.77. The van der Waals surface area contributed by atoms with Crippen LogP contribution in [0.2, 0.25) is 5.02 Å². The zero-order valence-corrected chi connectivity index (χ0v) is 16.4. The van der Waals surface area contributed by atoms with Gasteiger partial charge in [0.25, 0.3) is 5.91 Å². The van der Waals surface area contributed by atoms with Gasteiger partial charge in [0.2, 0.25) is 0 Å². The summed E-state index contributed by atoms with van der Waals surface area (Å²) in [5.41, 5.74) is 6.47. The summed E-state index contributed by atoms with van der Waals surface area (Å²) in [7, 11) is 0. The van der Waals surface area contributed by atoms with Crippen molar-refractivity contribution >= 4 is 23.2 Å². The van der Waals surface area contributed by atoms with Crippen LogP contribution in [-0.2, 0) is 11.2 Å². The summed E-state index contributed by atoms with van der Waals surface area (Å²) in [6, 6.07) is 13.5. The van der Waals surface area contributed by atoms with E-state index in [9.17, 15) is 4.79 Å². The van der Waals surface area contributed by atoms with Crippen molar-refractivity contribution in [1.29, 1.82) is 0 Å². The van der Waals surface area contributed by atoms with E-state index in [1.54, 1.807) is 25.1 Å². The molecule has 1 unspecified atom stereocenters. The highest BCUT2D eigenvalue weighted by molar-refractivity contribution is 6.30. The normalized spacial score (nSPS) is 12.6. The Morgan fingerprint density at radius 3 is 2.54 bits per heavy atom. The molecule has 4 nitrogen and oxygen atoms in total. The third kappa shape index (κ3) is 5.60. The number of ether oxygens (including phenoxy) is 1. The lowest BCUT2D eigenvalue weighted by atomic mass is 10.1. The molecule has 0 spiro atoms. The van der Waals surface area contributed by atoms with E-state index in [4.69, 9.17) is 16.3 Å². The molecule has 1 atom stereocenters. The van der Waals surface area contributed by atoms with E-state index in [1.807, 2.05) is 26.0 Å². The van der Waals surface area contributed by atoms with Crippen LogP contribution in [0.3, 0.4) is 0 Å². The maximum Gasteiger partial charge on any atom is 0.280 e. The number of amides is 1. The molecule has 0 saturated carbocycles. The highest BCUT2D eigenvalue weighted by Crippen LogP contribution is 2.22. The van der Waals surface area contributed by atoms with Gasteiger partial charge in [-0.05, 0) is 62.1 Å². The van der Waals surface area contributed by atoms with Gasteiger partial charge in [-0.15, -0.1) is 0 Å². The second-order valence-electron chi connectivity index (χ2n) is 6.29. The Labute approximate surface area is 160 Å². The van der Waals surface area contributed by atoms with Gasteiger partial charge in [0.05, 0.1) is 5.71 Å². The molecule has 0 bridgehead atoms. The quantitative estimate of drug-likeness (QED) is 0.554. The highest BCUT2D eigenvalue weighted by atomic mass is 35.5. The first-order valence-corrected chi connectivity index (χ1v) is 9.14. The van der Waals surface area contributed by atoms with Crippen molar-refractivity contribution in [3.8, 4) is 5.75 Å². The lowest BCUT2D eigenvalue weighted by Gasteiger charge is -2.15. The summed E-state index contributed by atoms with van der Waals surface area (Å²) in [6.07, 6.45) is 1.51. The van der Waals surface area contributed by atoms with Crippen LogP contribution in [0.5, 0.6) is 5.75 Å². The third-order valence-corrected chi connectivity index (χ3v) is 4.29.